The highest BCUT2D eigenvalue weighted by atomic mass is 19.4. The molecule has 1 aromatic carbocycles. The molecule has 0 aliphatic rings. The highest BCUT2D eigenvalue weighted by Crippen LogP contribution is 2.35. The zero-order valence-electron chi connectivity index (χ0n) is 9.34. The Kier molecular flexibility index (Phi) is 2.98. The number of carbonyl (C=O) groups is 1. The van der Waals surface area contributed by atoms with Crippen LogP contribution in [0.2, 0.25) is 0 Å². The van der Waals surface area contributed by atoms with Crippen molar-refractivity contribution in [3.05, 3.63) is 29.5 Å². The van der Waals surface area contributed by atoms with Crippen LogP contribution in [0.5, 0.6) is 0 Å². The Bertz CT molecular complexity index is 589. The summed E-state index contributed by atoms with van der Waals surface area (Å²) in [5, 5.41) is 6.24. The van der Waals surface area contributed by atoms with Crippen LogP contribution in [0.3, 0.4) is 0 Å². The Hall–Kier alpha value is -2.05. The van der Waals surface area contributed by atoms with Crippen LogP contribution in [0.4, 0.5) is 13.2 Å². The molecule has 1 N–H and O–H groups in total. The summed E-state index contributed by atoms with van der Waals surface area (Å²) in [6.07, 6.45) is -3.44. The van der Waals surface area contributed by atoms with Crippen LogP contribution in [0, 0.1) is 0 Å². The van der Waals surface area contributed by atoms with Crippen molar-refractivity contribution in [3.63, 3.8) is 0 Å². The first-order valence-electron chi connectivity index (χ1n) is 5.15. The summed E-state index contributed by atoms with van der Waals surface area (Å²) in [7, 11) is 0. The molecule has 1 aromatic heterocycles. The lowest BCUT2D eigenvalue weighted by Gasteiger charge is -2.12. The minimum Gasteiger partial charge on any atom is -0.462 e. The molecule has 7 heteroatoms. The molecule has 0 aliphatic heterocycles. The average molecular weight is 258 g/mol. The topological polar surface area (TPSA) is 55.0 Å². The van der Waals surface area contributed by atoms with E-state index < -0.39 is 23.3 Å². The van der Waals surface area contributed by atoms with Gasteiger partial charge >= 0.3 is 12.1 Å². The maximum atomic E-state index is 12.8. The fourth-order valence-electron chi connectivity index (χ4n) is 1.68. The third-order valence-electron chi connectivity index (χ3n) is 2.41. The monoisotopic (exact) mass is 258 g/mol. The number of aromatic amines is 1. The van der Waals surface area contributed by atoms with Crippen LogP contribution in [0.25, 0.3) is 10.9 Å². The molecule has 1 heterocycles. The molecule has 0 amide bonds. The quantitative estimate of drug-likeness (QED) is 0.842. The van der Waals surface area contributed by atoms with E-state index >= 15 is 0 Å². The predicted octanol–water partition coefficient (Wildman–Crippen LogP) is 2.76. The maximum Gasteiger partial charge on any atom is 0.417 e. The molecule has 0 atom stereocenters. The molecule has 4 nitrogen and oxygen atoms in total. The number of nitrogens with one attached hydrogen (secondary N) is 1. The largest absolute Gasteiger partial charge is 0.462 e. The van der Waals surface area contributed by atoms with Gasteiger partial charge in [-0.2, -0.15) is 18.3 Å². The number of ether oxygens (including phenoxy) is 1. The lowest BCUT2D eigenvalue weighted by Crippen LogP contribution is -2.15. The van der Waals surface area contributed by atoms with E-state index in [0.717, 1.165) is 6.07 Å². The third-order valence-corrected chi connectivity index (χ3v) is 2.41. The molecule has 0 aliphatic carbocycles. The number of rotatable bonds is 2. The summed E-state index contributed by atoms with van der Waals surface area (Å²) in [6, 6.07) is 2.07. The predicted molar refractivity (Wildman–Crippen MR) is 57.1 cm³/mol. The van der Waals surface area contributed by atoms with Gasteiger partial charge < -0.3 is 4.74 Å². The van der Waals surface area contributed by atoms with Gasteiger partial charge in [0.2, 0.25) is 0 Å². The van der Waals surface area contributed by atoms with Crippen molar-refractivity contribution in [1.82, 2.24) is 10.2 Å². The zero-order valence-corrected chi connectivity index (χ0v) is 9.34. The van der Waals surface area contributed by atoms with Gasteiger partial charge in [0.15, 0.2) is 0 Å². The standard InChI is InChI=1S/C11H9F3N2O2/c1-2-18-10(17)9-6-5-15-16-8(6)4-3-7(9)11(12,13)14/h3-5H,2H2,1H3,(H,15,16). The summed E-state index contributed by atoms with van der Waals surface area (Å²) in [6.45, 7) is 1.53. The number of H-pyrrole nitrogens is 1. The second-order valence-corrected chi connectivity index (χ2v) is 3.54. The first-order valence-corrected chi connectivity index (χ1v) is 5.15. The summed E-state index contributed by atoms with van der Waals surface area (Å²) in [5.74, 6) is -1.00. The fourth-order valence-corrected chi connectivity index (χ4v) is 1.68. The minimum absolute atomic E-state index is 0.00433. The van der Waals surface area contributed by atoms with E-state index in [-0.39, 0.29) is 12.0 Å². The first-order chi connectivity index (χ1) is 8.45. The van der Waals surface area contributed by atoms with Gasteiger partial charge in [0, 0.05) is 5.39 Å². The van der Waals surface area contributed by atoms with E-state index in [1.165, 1.54) is 19.2 Å². The lowest BCUT2D eigenvalue weighted by atomic mass is 10.0. The molecule has 2 rings (SSSR count). The summed E-state index contributed by atoms with van der Waals surface area (Å²) < 4.78 is 43.2. The van der Waals surface area contributed by atoms with Gasteiger partial charge in [-0.1, -0.05) is 0 Å². The van der Waals surface area contributed by atoms with Crippen molar-refractivity contribution in [3.8, 4) is 0 Å². The normalized spacial score (nSPS) is 11.8. The van der Waals surface area contributed by atoms with Gasteiger partial charge in [0.1, 0.15) is 0 Å². The van der Waals surface area contributed by atoms with Crippen molar-refractivity contribution >= 4 is 16.9 Å². The number of hydrogen-bond donors (Lipinski definition) is 1. The van der Waals surface area contributed by atoms with Crippen molar-refractivity contribution in [2.45, 2.75) is 13.1 Å². The SMILES string of the molecule is CCOC(=O)c1c(C(F)(F)F)ccc2[nH]ncc12. The molecule has 96 valence electrons. The number of esters is 1. The Balaban J connectivity index is 2.70. The second kappa shape index (κ2) is 4.32. The second-order valence-electron chi connectivity index (χ2n) is 3.54. The number of benzene rings is 1. The maximum absolute atomic E-state index is 12.8. The van der Waals surface area contributed by atoms with Gasteiger partial charge in [-0.25, -0.2) is 4.79 Å². The Morgan fingerprint density at radius 2 is 2.17 bits per heavy atom. The molecule has 0 spiro atoms. The van der Waals surface area contributed by atoms with Crippen molar-refractivity contribution in [2.24, 2.45) is 0 Å². The van der Waals surface area contributed by atoms with Gasteiger partial charge in [-0.3, -0.25) is 5.10 Å². The van der Waals surface area contributed by atoms with Crippen molar-refractivity contribution in [2.75, 3.05) is 6.61 Å². The van der Waals surface area contributed by atoms with Crippen LogP contribution in [-0.4, -0.2) is 22.8 Å². The van der Waals surface area contributed by atoms with Gasteiger partial charge in [0.25, 0.3) is 0 Å². The lowest BCUT2D eigenvalue weighted by molar-refractivity contribution is -0.138. The van der Waals surface area contributed by atoms with Crippen LogP contribution in [-0.2, 0) is 10.9 Å². The average Bonchev–Trinajstić information content (AvgIpc) is 2.74. The first kappa shape index (κ1) is 12.4. The van der Waals surface area contributed by atoms with E-state index in [2.05, 4.69) is 14.9 Å². The van der Waals surface area contributed by atoms with Gasteiger partial charge in [-0.05, 0) is 19.1 Å². The Morgan fingerprint density at radius 1 is 1.44 bits per heavy atom. The van der Waals surface area contributed by atoms with E-state index in [4.69, 9.17) is 0 Å². The smallest absolute Gasteiger partial charge is 0.417 e. The van der Waals surface area contributed by atoms with Crippen LogP contribution >= 0.6 is 0 Å². The van der Waals surface area contributed by atoms with Gasteiger partial charge in [0.05, 0.1) is 29.4 Å². The molecular weight excluding hydrogens is 249 g/mol. The number of aromatic nitrogens is 2. The van der Waals surface area contributed by atoms with E-state index in [0.29, 0.717) is 5.52 Å². The Morgan fingerprint density at radius 3 is 2.78 bits per heavy atom. The molecule has 0 radical (unpaired) electrons. The highest BCUT2D eigenvalue weighted by molar-refractivity contribution is 6.04. The van der Waals surface area contributed by atoms with Crippen LogP contribution in [0.15, 0.2) is 18.3 Å². The molecule has 0 saturated heterocycles. The molecule has 2 aromatic rings. The van der Waals surface area contributed by atoms with Crippen molar-refractivity contribution in [1.29, 1.82) is 0 Å². The zero-order chi connectivity index (χ0) is 13.3. The van der Waals surface area contributed by atoms with Crippen molar-refractivity contribution < 1.29 is 22.7 Å². The minimum atomic E-state index is -4.62. The molecular formula is C11H9F3N2O2. The highest BCUT2D eigenvalue weighted by Gasteiger charge is 2.37. The van der Waals surface area contributed by atoms with Crippen LogP contribution in [0.1, 0.15) is 22.8 Å². The van der Waals surface area contributed by atoms with Gasteiger partial charge in [-0.15, -0.1) is 0 Å². The van der Waals surface area contributed by atoms with E-state index in [1.54, 1.807) is 0 Å². The Labute approximate surface area is 99.7 Å². The third kappa shape index (κ3) is 2.03. The number of fused-ring (bicyclic) bond motifs is 1. The summed E-state index contributed by atoms with van der Waals surface area (Å²) in [5.41, 5.74) is -1.17. The van der Waals surface area contributed by atoms with Crippen LogP contribution < -0.4 is 0 Å². The molecule has 0 fully saturated rings. The number of carbonyl (C=O) groups excluding carboxylic acids is 1. The molecule has 18 heavy (non-hydrogen) atoms. The molecule has 0 bridgehead atoms. The number of nitrogens with zero attached hydrogens (tertiary/aromatic N) is 1. The number of alkyl halides is 3. The molecule has 0 unspecified atom stereocenters. The fraction of sp³-hybridized carbons (Fsp3) is 0.273. The number of halogens is 3. The molecule has 0 saturated carbocycles. The summed E-state index contributed by atoms with van der Waals surface area (Å²) in [4.78, 5) is 11.7. The number of hydrogen-bond acceptors (Lipinski definition) is 3. The van der Waals surface area contributed by atoms with E-state index in [9.17, 15) is 18.0 Å². The van der Waals surface area contributed by atoms with E-state index in [1.807, 2.05) is 0 Å². The summed E-state index contributed by atoms with van der Waals surface area (Å²) >= 11 is 0.